The van der Waals surface area contributed by atoms with Gasteiger partial charge >= 0.3 is 0 Å². The molecule has 28 heavy (non-hydrogen) atoms. The molecule has 4 aliphatic carbocycles. The van der Waals surface area contributed by atoms with Crippen LogP contribution in [-0.4, -0.2) is 5.78 Å². The van der Waals surface area contributed by atoms with Crippen molar-refractivity contribution in [1.29, 1.82) is 0 Å². The zero-order valence-corrected chi connectivity index (χ0v) is 19.0. The maximum absolute atomic E-state index is 12.0. The zero-order valence-electron chi connectivity index (χ0n) is 19.0. The average molecular weight is 383 g/mol. The van der Waals surface area contributed by atoms with Crippen molar-refractivity contribution in [2.45, 2.75) is 92.4 Å². The first-order valence-electron chi connectivity index (χ1n) is 12.2. The predicted octanol–water partition coefficient (Wildman–Crippen LogP) is 7.37. The van der Waals surface area contributed by atoms with Gasteiger partial charge in [-0.25, -0.2) is 0 Å². The fourth-order valence-electron chi connectivity index (χ4n) is 8.02. The molecule has 1 nitrogen and oxygen atoms in total. The van der Waals surface area contributed by atoms with Crippen LogP contribution in [0.3, 0.4) is 0 Å². The third-order valence-electron chi connectivity index (χ3n) is 9.72. The molecule has 5 unspecified atom stereocenters. The van der Waals surface area contributed by atoms with E-state index in [1.807, 2.05) is 6.08 Å². The van der Waals surface area contributed by atoms with Gasteiger partial charge in [0.25, 0.3) is 0 Å². The molecule has 0 aromatic carbocycles. The lowest BCUT2D eigenvalue weighted by Gasteiger charge is -2.56. The molecule has 0 aromatic rings. The minimum atomic E-state index is 0.246. The van der Waals surface area contributed by atoms with Gasteiger partial charge in [0.2, 0.25) is 0 Å². The van der Waals surface area contributed by atoms with Crippen molar-refractivity contribution in [2.75, 3.05) is 0 Å². The minimum absolute atomic E-state index is 0.246. The van der Waals surface area contributed by atoms with E-state index in [0.717, 1.165) is 48.3 Å². The molecule has 0 bridgehead atoms. The summed E-state index contributed by atoms with van der Waals surface area (Å²) in [5.41, 5.74) is 2.12. The molecule has 0 saturated heterocycles. The third-order valence-corrected chi connectivity index (χ3v) is 9.72. The fourth-order valence-corrected chi connectivity index (χ4v) is 8.02. The molecule has 0 radical (unpaired) electrons. The highest BCUT2D eigenvalue weighted by molar-refractivity contribution is 5.92. The van der Waals surface area contributed by atoms with Crippen molar-refractivity contribution in [3.63, 3.8) is 0 Å². The van der Waals surface area contributed by atoms with Gasteiger partial charge in [-0.1, -0.05) is 66.0 Å². The average Bonchev–Trinajstić information content (AvgIpc) is 2.99. The number of carbonyl (C=O) groups is 1. The highest BCUT2D eigenvalue weighted by Crippen LogP contribution is 2.66. The SMILES string of the molecule is CC(C)CCCC(C)C1CCC2C3C=CC4=CC(=O)CC[C@]4(C)C3CC[C@]12C. The number of hydrogen-bond acceptors (Lipinski definition) is 1. The Bertz CT molecular complexity index is 670. The normalized spacial score (nSPS) is 43.4. The van der Waals surface area contributed by atoms with Crippen LogP contribution >= 0.6 is 0 Å². The van der Waals surface area contributed by atoms with E-state index in [-0.39, 0.29) is 5.41 Å². The van der Waals surface area contributed by atoms with E-state index in [0.29, 0.717) is 11.2 Å². The van der Waals surface area contributed by atoms with Crippen LogP contribution in [0.25, 0.3) is 0 Å². The predicted molar refractivity (Wildman–Crippen MR) is 118 cm³/mol. The summed E-state index contributed by atoms with van der Waals surface area (Å²) in [6, 6.07) is 0. The van der Waals surface area contributed by atoms with Crippen LogP contribution in [0.15, 0.2) is 23.8 Å². The van der Waals surface area contributed by atoms with Gasteiger partial charge in [-0.05, 0) is 90.1 Å². The highest BCUT2D eigenvalue weighted by Gasteiger charge is 2.58. The Morgan fingerprint density at radius 1 is 1.04 bits per heavy atom. The Hall–Kier alpha value is -0.850. The van der Waals surface area contributed by atoms with Crippen LogP contribution in [0.1, 0.15) is 92.4 Å². The molecule has 0 amide bonds. The molecule has 156 valence electrons. The highest BCUT2D eigenvalue weighted by atomic mass is 16.1. The maximum atomic E-state index is 12.0. The molecule has 1 heteroatoms. The summed E-state index contributed by atoms with van der Waals surface area (Å²) in [5.74, 6) is 5.32. The van der Waals surface area contributed by atoms with E-state index in [9.17, 15) is 4.79 Å². The second-order valence-electron chi connectivity index (χ2n) is 11.7. The number of ketones is 1. The molecule has 0 N–H and O–H groups in total. The zero-order chi connectivity index (χ0) is 20.1. The van der Waals surface area contributed by atoms with Crippen LogP contribution in [0.4, 0.5) is 0 Å². The summed E-state index contributed by atoms with van der Waals surface area (Å²) < 4.78 is 0. The lowest BCUT2D eigenvalue weighted by molar-refractivity contribution is -0.116. The second-order valence-corrected chi connectivity index (χ2v) is 11.7. The molecule has 2 saturated carbocycles. The third kappa shape index (κ3) is 3.25. The second kappa shape index (κ2) is 7.44. The summed E-state index contributed by atoms with van der Waals surface area (Å²) in [4.78, 5) is 12.0. The monoisotopic (exact) mass is 382 g/mol. The Morgan fingerprint density at radius 3 is 2.57 bits per heavy atom. The van der Waals surface area contributed by atoms with E-state index < -0.39 is 0 Å². The van der Waals surface area contributed by atoms with Crippen molar-refractivity contribution in [1.82, 2.24) is 0 Å². The first kappa shape index (κ1) is 20.4. The lowest BCUT2D eigenvalue weighted by atomic mass is 9.48. The number of hydrogen-bond donors (Lipinski definition) is 0. The Morgan fingerprint density at radius 2 is 1.82 bits per heavy atom. The summed E-state index contributed by atoms with van der Waals surface area (Å²) in [7, 11) is 0. The Labute approximate surface area is 173 Å². The molecule has 7 atom stereocenters. The van der Waals surface area contributed by atoms with Gasteiger partial charge in [0.15, 0.2) is 5.78 Å². The van der Waals surface area contributed by atoms with Gasteiger partial charge in [-0.3, -0.25) is 4.79 Å². The molecule has 0 spiro atoms. The van der Waals surface area contributed by atoms with Crippen LogP contribution in [0.2, 0.25) is 0 Å². The number of allylic oxidation sites excluding steroid dienone is 4. The first-order chi connectivity index (χ1) is 13.3. The number of carbonyl (C=O) groups excluding carboxylic acids is 1. The molecule has 0 aromatic heterocycles. The van der Waals surface area contributed by atoms with Crippen molar-refractivity contribution in [3.05, 3.63) is 23.8 Å². The Kier molecular flexibility index (Phi) is 5.43. The molecular weight excluding hydrogens is 340 g/mol. The van der Waals surface area contributed by atoms with Crippen molar-refractivity contribution < 1.29 is 4.79 Å². The van der Waals surface area contributed by atoms with Gasteiger partial charge < -0.3 is 0 Å². The first-order valence-corrected chi connectivity index (χ1v) is 12.2. The summed E-state index contributed by atoms with van der Waals surface area (Å²) in [6.07, 6.45) is 18.5. The smallest absolute Gasteiger partial charge is 0.156 e. The van der Waals surface area contributed by atoms with Gasteiger partial charge in [0, 0.05) is 6.42 Å². The summed E-state index contributed by atoms with van der Waals surface area (Å²) in [5, 5.41) is 0. The van der Waals surface area contributed by atoms with E-state index in [2.05, 4.69) is 46.8 Å². The van der Waals surface area contributed by atoms with Crippen LogP contribution in [0, 0.1) is 46.3 Å². The molecule has 4 rings (SSSR count). The topological polar surface area (TPSA) is 17.1 Å². The molecule has 0 aliphatic heterocycles. The molecule has 4 aliphatic rings. The quantitative estimate of drug-likeness (QED) is 0.485. The molecular formula is C27H42O. The van der Waals surface area contributed by atoms with Crippen LogP contribution < -0.4 is 0 Å². The van der Waals surface area contributed by atoms with E-state index in [1.165, 1.54) is 50.5 Å². The largest absolute Gasteiger partial charge is 0.295 e. The van der Waals surface area contributed by atoms with Gasteiger partial charge in [0.05, 0.1) is 0 Å². The van der Waals surface area contributed by atoms with E-state index in [4.69, 9.17) is 0 Å². The maximum Gasteiger partial charge on any atom is 0.156 e. The van der Waals surface area contributed by atoms with Gasteiger partial charge in [0.1, 0.15) is 0 Å². The van der Waals surface area contributed by atoms with Crippen LogP contribution in [-0.2, 0) is 4.79 Å². The Balaban J connectivity index is 1.53. The minimum Gasteiger partial charge on any atom is -0.295 e. The van der Waals surface area contributed by atoms with E-state index >= 15 is 0 Å². The van der Waals surface area contributed by atoms with Crippen LogP contribution in [0.5, 0.6) is 0 Å². The van der Waals surface area contributed by atoms with Crippen molar-refractivity contribution in [3.8, 4) is 0 Å². The van der Waals surface area contributed by atoms with Crippen molar-refractivity contribution in [2.24, 2.45) is 46.3 Å². The lowest BCUT2D eigenvalue weighted by Crippen LogP contribution is -2.49. The fraction of sp³-hybridized carbons (Fsp3) is 0.815. The summed E-state index contributed by atoms with van der Waals surface area (Å²) >= 11 is 0. The standard InChI is InChI=1S/C27H42O/c1-18(2)7-6-8-19(3)23-11-12-24-22-10-9-20-17-21(28)13-15-26(20,4)25(22)14-16-27(23,24)5/h9-10,17-19,22-25H,6-8,11-16H2,1-5H3/t19?,22?,23?,24?,25?,26-,27+/m0/s1. The van der Waals surface area contributed by atoms with Crippen molar-refractivity contribution >= 4 is 5.78 Å². The van der Waals surface area contributed by atoms with Gasteiger partial charge in [-0.15, -0.1) is 0 Å². The van der Waals surface area contributed by atoms with E-state index in [1.54, 1.807) is 0 Å². The molecule has 0 heterocycles. The van der Waals surface area contributed by atoms with Gasteiger partial charge in [-0.2, -0.15) is 0 Å². The molecule has 2 fully saturated rings. The summed E-state index contributed by atoms with van der Waals surface area (Å²) in [6.45, 7) is 12.4. The number of rotatable bonds is 5. The number of fused-ring (bicyclic) bond motifs is 5.